The van der Waals surface area contributed by atoms with Crippen molar-refractivity contribution in [3.63, 3.8) is 0 Å². The van der Waals surface area contributed by atoms with Crippen molar-refractivity contribution >= 4 is 16.9 Å². The second-order valence-electron chi connectivity index (χ2n) is 5.33. The molecule has 0 saturated heterocycles. The number of carbonyl (C=O) groups is 1. The van der Waals surface area contributed by atoms with Gasteiger partial charge in [0.15, 0.2) is 17.1 Å². The lowest BCUT2D eigenvalue weighted by Gasteiger charge is -2.14. The molecule has 0 aliphatic rings. The molecule has 0 spiro atoms. The minimum absolute atomic E-state index is 0.141. The van der Waals surface area contributed by atoms with Gasteiger partial charge in [-0.05, 0) is 0 Å². The average molecular weight is 358 g/mol. The zero-order valence-corrected chi connectivity index (χ0v) is 13.8. The lowest BCUT2D eigenvalue weighted by Crippen LogP contribution is -2.14. The van der Waals surface area contributed by atoms with Crippen LogP contribution in [0.4, 0.5) is 0 Å². The normalized spacial score (nSPS) is 10.7. The van der Waals surface area contributed by atoms with Crippen molar-refractivity contribution < 1.29 is 34.0 Å². The third-order valence-corrected chi connectivity index (χ3v) is 3.66. The number of hydrogen-bond donors (Lipinski definition) is 3. The molecule has 0 fully saturated rings. The van der Waals surface area contributed by atoms with E-state index in [9.17, 15) is 24.9 Å². The smallest absolute Gasteiger partial charge is 0.308 e. The number of aromatic hydroxyl groups is 3. The molecule has 3 rings (SSSR count). The largest absolute Gasteiger partial charge is 0.504 e. The summed E-state index contributed by atoms with van der Waals surface area (Å²) in [5, 5.41) is 29.9. The Balaban J connectivity index is 2.51. The summed E-state index contributed by atoms with van der Waals surface area (Å²) in [4.78, 5) is 24.3. The summed E-state index contributed by atoms with van der Waals surface area (Å²) in [6, 6.07) is 8.25. The molecule has 134 valence electrons. The molecule has 0 radical (unpaired) electrons. The van der Waals surface area contributed by atoms with E-state index in [1.807, 2.05) is 0 Å². The van der Waals surface area contributed by atoms with Crippen molar-refractivity contribution in [3.05, 3.63) is 40.6 Å². The lowest BCUT2D eigenvalue weighted by atomic mass is 10.1. The Kier molecular flexibility index (Phi) is 4.17. The summed E-state index contributed by atoms with van der Waals surface area (Å²) in [6.07, 6.45) is 0. The summed E-state index contributed by atoms with van der Waals surface area (Å²) in [5.41, 5.74) is -0.996. The first-order valence-electron chi connectivity index (χ1n) is 7.42. The van der Waals surface area contributed by atoms with Gasteiger partial charge in [0.1, 0.15) is 5.39 Å². The summed E-state index contributed by atoms with van der Waals surface area (Å²) in [6.45, 7) is 1.10. The van der Waals surface area contributed by atoms with E-state index in [2.05, 4.69) is 0 Å². The molecule has 8 heteroatoms. The number of methoxy groups -OCH3 is 1. The van der Waals surface area contributed by atoms with E-state index in [-0.39, 0.29) is 5.76 Å². The van der Waals surface area contributed by atoms with Crippen molar-refractivity contribution in [1.29, 1.82) is 0 Å². The molecule has 0 saturated carbocycles. The van der Waals surface area contributed by atoms with E-state index in [1.165, 1.54) is 0 Å². The first-order chi connectivity index (χ1) is 12.4. The number of hydrogen-bond acceptors (Lipinski definition) is 8. The summed E-state index contributed by atoms with van der Waals surface area (Å²) < 4.78 is 15.4. The van der Waals surface area contributed by atoms with Crippen LogP contribution in [0.5, 0.6) is 28.7 Å². The Morgan fingerprint density at radius 1 is 1.00 bits per heavy atom. The van der Waals surface area contributed by atoms with Crippen LogP contribution in [0.3, 0.4) is 0 Å². The summed E-state index contributed by atoms with van der Waals surface area (Å²) in [7, 11) is 1.13. The molecule has 0 bridgehead atoms. The van der Waals surface area contributed by atoms with E-state index in [1.54, 1.807) is 30.3 Å². The molecule has 0 aliphatic heterocycles. The second kappa shape index (κ2) is 6.32. The van der Waals surface area contributed by atoms with E-state index in [0.29, 0.717) is 5.56 Å². The lowest BCUT2D eigenvalue weighted by molar-refractivity contribution is -0.132. The quantitative estimate of drug-likeness (QED) is 0.370. The Hall–Kier alpha value is -3.68. The van der Waals surface area contributed by atoms with Gasteiger partial charge in [-0.15, -0.1) is 0 Å². The van der Waals surface area contributed by atoms with Gasteiger partial charge in [-0.25, -0.2) is 0 Å². The second-order valence-corrected chi connectivity index (χ2v) is 5.33. The van der Waals surface area contributed by atoms with Crippen LogP contribution in [0.25, 0.3) is 22.3 Å². The Morgan fingerprint density at radius 2 is 1.65 bits per heavy atom. The van der Waals surface area contributed by atoms with Crippen molar-refractivity contribution in [2.24, 2.45) is 0 Å². The third-order valence-electron chi connectivity index (χ3n) is 3.66. The van der Waals surface area contributed by atoms with Gasteiger partial charge in [0, 0.05) is 12.5 Å². The maximum atomic E-state index is 12.9. The van der Waals surface area contributed by atoms with Gasteiger partial charge in [-0.3, -0.25) is 9.59 Å². The molecule has 0 amide bonds. The van der Waals surface area contributed by atoms with E-state index >= 15 is 0 Å². The van der Waals surface area contributed by atoms with Gasteiger partial charge >= 0.3 is 5.97 Å². The maximum absolute atomic E-state index is 12.9. The standard InChI is InChI=1S/C18H14O8/c1-8(19)25-18-12(21)10-11(20)17(24-2)14(23)13(22)16(10)26-15(18)9-6-4-3-5-7-9/h3-7,20,22-23H,1-2H3. The minimum atomic E-state index is -0.911. The van der Waals surface area contributed by atoms with Crippen molar-refractivity contribution in [3.8, 4) is 40.1 Å². The number of carbonyl (C=O) groups excluding carboxylic acids is 1. The minimum Gasteiger partial charge on any atom is -0.504 e. The SMILES string of the molecule is COc1c(O)c(O)c2oc(-c3ccccc3)c(OC(C)=O)c(=O)c2c1O. The van der Waals surface area contributed by atoms with Crippen molar-refractivity contribution in [2.75, 3.05) is 7.11 Å². The van der Waals surface area contributed by atoms with Gasteiger partial charge in [0.2, 0.25) is 28.4 Å². The van der Waals surface area contributed by atoms with Crippen LogP contribution in [0, 0.1) is 0 Å². The zero-order chi connectivity index (χ0) is 19.0. The molecule has 3 aromatic rings. The van der Waals surface area contributed by atoms with Gasteiger partial charge in [0.05, 0.1) is 7.11 Å². The molecule has 0 unspecified atom stereocenters. The van der Waals surface area contributed by atoms with Gasteiger partial charge in [0.25, 0.3) is 0 Å². The molecule has 0 aliphatic carbocycles. The maximum Gasteiger partial charge on any atom is 0.308 e. The van der Waals surface area contributed by atoms with Gasteiger partial charge in [-0.1, -0.05) is 30.3 Å². The molecule has 1 heterocycles. The monoisotopic (exact) mass is 358 g/mol. The fourth-order valence-corrected chi connectivity index (χ4v) is 2.55. The van der Waals surface area contributed by atoms with Crippen LogP contribution in [0.2, 0.25) is 0 Å². The molecular weight excluding hydrogens is 344 g/mol. The Bertz CT molecular complexity index is 1070. The van der Waals surface area contributed by atoms with E-state index < -0.39 is 51.1 Å². The van der Waals surface area contributed by atoms with Crippen molar-refractivity contribution in [2.45, 2.75) is 6.92 Å². The molecular formula is C18H14O8. The van der Waals surface area contributed by atoms with Gasteiger partial charge < -0.3 is 29.2 Å². The van der Waals surface area contributed by atoms with Crippen LogP contribution in [-0.4, -0.2) is 28.4 Å². The van der Waals surface area contributed by atoms with Crippen LogP contribution < -0.4 is 14.9 Å². The van der Waals surface area contributed by atoms with E-state index in [4.69, 9.17) is 13.9 Å². The average Bonchev–Trinajstić information content (AvgIpc) is 2.62. The third kappa shape index (κ3) is 2.57. The first kappa shape index (κ1) is 17.2. The molecule has 26 heavy (non-hydrogen) atoms. The topological polar surface area (TPSA) is 126 Å². The van der Waals surface area contributed by atoms with E-state index in [0.717, 1.165) is 14.0 Å². The van der Waals surface area contributed by atoms with Crippen molar-refractivity contribution in [1.82, 2.24) is 0 Å². The number of esters is 1. The summed E-state index contributed by atoms with van der Waals surface area (Å²) in [5.74, 6) is -4.22. The number of benzene rings is 2. The number of rotatable bonds is 3. The highest BCUT2D eigenvalue weighted by molar-refractivity contribution is 5.96. The van der Waals surface area contributed by atoms with Gasteiger partial charge in [-0.2, -0.15) is 0 Å². The fraction of sp³-hybridized carbons (Fsp3) is 0.111. The Labute approximate surface area is 146 Å². The molecule has 2 aromatic carbocycles. The molecule has 1 aromatic heterocycles. The first-order valence-corrected chi connectivity index (χ1v) is 7.42. The van der Waals surface area contributed by atoms with Crippen LogP contribution in [0.15, 0.2) is 39.5 Å². The number of ether oxygens (including phenoxy) is 2. The van der Waals surface area contributed by atoms with Crippen LogP contribution in [-0.2, 0) is 4.79 Å². The van der Waals surface area contributed by atoms with Crippen LogP contribution >= 0.6 is 0 Å². The molecule has 8 nitrogen and oxygen atoms in total. The summed E-state index contributed by atoms with van der Waals surface area (Å²) >= 11 is 0. The predicted octanol–water partition coefficient (Wildman–Crippen LogP) is 2.51. The Morgan fingerprint density at radius 3 is 2.23 bits per heavy atom. The number of phenolic OH excluding ortho intramolecular Hbond substituents is 3. The molecule has 0 atom stereocenters. The highest BCUT2D eigenvalue weighted by Crippen LogP contribution is 2.49. The fourth-order valence-electron chi connectivity index (χ4n) is 2.55. The highest BCUT2D eigenvalue weighted by atomic mass is 16.5. The predicted molar refractivity (Wildman–Crippen MR) is 90.8 cm³/mol. The molecule has 3 N–H and O–H groups in total. The highest BCUT2D eigenvalue weighted by Gasteiger charge is 2.28. The zero-order valence-electron chi connectivity index (χ0n) is 13.8. The van der Waals surface area contributed by atoms with Crippen LogP contribution in [0.1, 0.15) is 6.92 Å². The number of fused-ring (bicyclic) bond motifs is 1. The number of phenols is 3.